The van der Waals surface area contributed by atoms with Gasteiger partial charge in [0, 0.05) is 19.2 Å². The van der Waals surface area contributed by atoms with E-state index in [9.17, 15) is 14.7 Å². The molecular weight excluding hydrogens is 422 g/mol. The number of carbonyl (C=O) groups is 1. The molecule has 0 saturated carbocycles. The van der Waals surface area contributed by atoms with Gasteiger partial charge in [-0.2, -0.15) is 0 Å². The molecule has 0 aliphatic carbocycles. The van der Waals surface area contributed by atoms with Crippen LogP contribution in [0, 0.1) is 0 Å². The van der Waals surface area contributed by atoms with Crippen molar-refractivity contribution in [3.05, 3.63) is 93.0 Å². The number of ether oxygens (including phenoxy) is 2. The molecule has 1 aromatic heterocycles. The minimum Gasteiger partial charge on any atom is -0.502 e. The number of hydrogen-bond donors (Lipinski definition) is 1. The van der Waals surface area contributed by atoms with Crippen LogP contribution in [0.5, 0.6) is 11.5 Å². The van der Waals surface area contributed by atoms with Crippen molar-refractivity contribution in [2.24, 2.45) is 0 Å². The second-order valence-corrected chi connectivity index (χ2v) is 8.13. The first-order valence-corrected chi connectivity index (χ1v) is 10.8. The number of fused-ring (bicyclic) bond motifs is 1. The molecule has 1 N–H and O–H groups in total. The molecule has 1 atom stereocenters. The number of aromatic hydroxyl groups is 1. The van der Waals surface area contributed by atoms with E-state index >= 15 is 0 Å². The fourth-order valence-corrected chi connectivity index (χ4v) is 4.23. The monoisotopic (exact) mass is 449 g/mol. The number of nitrogens with zero attached hydrogens (tertiary/aromatic N) is 1. The van der Waals surface area contributed by atoms with Crippen molar-refractivity contribution < 1.29 is 23.8 Å². The van der Waals surface area contributed by atoms with Crippen LogP contribution in [0.4, 0.5) is 0 Å². The Kier molecular flexibility index (Phi) is 6.79. The molecule has 1 aliphatic heterocycles. The minimum absolute atomic E-state index is 0.0606. The maximum absolute atomic E-state index is 12.6. The van der Waals surface area contributed by atoms with Gasteiger partial charge in [0.2, 0.25) is 11.2 Å². The highest BCUT2D eigenvalue weighted by Crippen LogP contribution is 2.34. The minimum atomic E-state index is -0.682. The highest BCUT2D eigenvalue weighted by atomic mass is 16.5. The maximum atomic E-state index is 12.6. The molecule has 0 saturated heterocycles. The fourth-order valence-electron chi connectivity index (χ4n) is 4.23. The van der Waals surface area contributed by atoms with Crippen LogP contribution in [0.25, 0.3) is 0 Å². The summed E-state index contributed by atoms with van der Waals surface area (Å²) in [5.74, 6) is -0.497. The third-order valence-corrected chi connectivity index (χ3v) is 6.02. The highest BCUT2D eigenvalue weighted by Gasteiger charge is 2.27. The van der Waals surface area contributed by atoms with Gasteiger partial charge in [-0.3, -0.25) is 14.5 Å². The quantitative estimate of drug-likeness (QED) is 0.551. The average Bonchev–Trinajstić information content (AvgIpc) is 2.84. The summed E-state index contributed by atoms with van der Waals surface area (Å²) in [4.78, 5) is 27.0. The summed E-state index contributed by atoms with van der Waals surface area (Å²) in [7, 11) is 2.86. The van der Waals surface area contributed by atoms with E-state index in [-0.39, 0.29) is 12.2 Å². The molecule has 0 radical (unpaired) electrons. The van der Waals surface area contributed by atoms with Crippen LogP contribution in [0.2, 0.25) is 0 Å². The molecule has 4 rings (SSSR count). The Balaban J connectivity index is 1.66. The number of benzene rings is 2. The van der Waals surface area contributed by atoms with Crippen LogP contribution in [0.3, 0.4) is 0 Å². The third-order valence-electron chi connectivity index (χ3n) is 6.02. The van der Waals surface area contributed by atoms with Crippen LogP contribution in [-0.4, -0.2) is 36.7 Å². The van der Waals surface area contributed by atoms with Crippen molar-refractivity contribution in [1.82, 2.24) is 4.90 Å². The largest absolute Gasteiger partial charge is 0.502 e. The molecule has 2 aromatic carbocycles. The van der Waals surface area contributed by atoms with E-state index in [1.54, 1.807) is 31.4 Å². The number of esters is 1. The van der Waals surface area contributed by atoms with Crippen molar-refractivity contribution in [2.75, 3.05) is 20.8 Å². The molecule has 0 spiro atoms. The predicted octanol–water partition coefficient (Wildman–Crippen LogP) is 3.61. The van der Waals surface area contributed by atoms with Crippen molar-refractivity contribution in [3.8, 4) is 11.5 Å². The fraction of sp³-hybridized carbons (Fsp3) is 0.308. The van der Waals surface area contributed by atoms with E-state index < -0.39 is 23.1 Å². The summed E-state index contributed by atoms with van der Waals surface area (Å²) in [5.41, 5.74) is 2.75. The lowest BCUT2D eigenvalue weighted by molar-refractivity contribution is -0.140. The molecule has 1 aliphatic rings. The van der Waals surface area contributed by atoms with Gasteiger partial charge in [0.05, 0.1) is 33.1 Å². The zero-order valence-corrected chi connectivity index (χ0v) is 18.7. The molecular formula is C26H27NO6. The highest BCUT2D eigenvalue weighted by molar-refractivity contribution is 5.71. The molecule has 0 bridgehead atoms. The van der Waals surface area contributed by atoms with E-state index in [2.05, 4.69) is 17.0 Å². The Morgan fingerprint density at radius 1 is 1.12 bits per heavy atom. The topological polar surface area (TPSA) is 89.2 Å². The molecule has 2 heterocycles. The first kappa shape index (κ1) is 22.6. The van der Waals surface area contributed by atoms with Crippen LogP contribution < -0.4 is 10.2 Å². The Morgan fingerprint density at radius 2 is 1.85 bits per heavy atom. The van der Waals surface area contributed by atoms with Crippen molar-refractivity contribution in [3.63, 3.8) is 0 Å². The van der Waals surface area contributed by atoms with Gasteiger partial charge in [0.25, 0.3) is 0 Å². The summed E-state index contributed by atoms with van der Waals surface area (Å²) < 4.78 is 16.1. The number of carbonyl (C=O) groups excluding carboxylic acids is 1. The molecule has 7 nitrogen and oxygen atoms in total. The second-order valence-electron chi connectivity index (χ2n) is 8.13. The standard InChI is InChI=1S/C26H27NO6/c1-31-20-9-7-18(8-10-20)22(14-24(29)32-2)26-25(30)23(28)13-21(33-26)16-27-12-11-17-5-3-4-6-19(17)15-27/h3-10,13,22,30H,11-12,14-16H2,1-2H3/t22-/m1/s1. The van der Waals surface area contributed by atoms with Gasteiger partial charge in [-0.05, 0) is 35.2 Å². The van der Waals surface area contributed by atoms with Gasteiger partial charge in [-0.25, -0.2) is 0 Å². The first-order chi connectivity index (χ1) is 16.0. The van der Waals surface area contributed by atoms with Crippen LogP contribution in [-0.2, 0) is 29.0 Å². The van der Waals surface area contributed by atoms with Gasteiger partial charge in [0.1, 0.15) is 11.5 Å². The van der Waals surface area contributed by atoms with Crippen molar-refractivity contribution in [2.45, 2.75) is 31.8 Å². The van der Waals surface area contributed by atoms with Gasteiger partial charge in [-0.15, -0.1) is 0 Å². The van der Waals surface area contributed by atoms with E-state index in [1.165, 1.54) is 24.3 Å². The molecule has 0 fully saturated rings. The molecule has 172 valence electrons. The number of rotatable bonds is 7. The Morgan fingerprint density at radius 3 is 2.55 bits per heavy atom. The second kappa shape index (κ2) is 9.92. The molecule has 0 amide bonds. The zero-order chi connectivity index (χ0) is 23.4. The van der Waals surface area contributed by atoms with E-state index in [0.717, 1.165) is 19.5 Å². The number of hydrogen-bond acceptors (Lipinski definition) is 7. The van der Waals surface area contributed by atoms with Crippen molar-refractivity contribution >= 4 is 5.97 Å². The summed E-state index contributed by atoms with van der Waals surface area (Å²) in [6.07, 6.45) is 0.835. The Hall–Kier alpha value is -3.58. The number of methoxy groups -OCH3 is 2. The lowest BCUT2D eigenvalue weighted by atomic mass is 9.92. The molecule has 0 unspecified atom stereocenters. The lowest BCUT2D eigenvalue weighted by Crippen LogP contribution is -2.30. The van der Waals surface area contributed by atoms with Gasteiger partial charge >= 0.3 is 5.97 Å². The van der Waals surface area contributed by atoms with Gasteiger partial charge in [0.15, 0.2) is 5.76 Å². The van der Waals surface area contributed by atoms with Crippen LogP contribution in [0.15, 0.2) is 63.8 Å². The first-order valence-electron chi connectivity index (χ1n) is 10.8. The van der Waals surface area contributed by atoms with E-state index in [0.29, 0.717) is 23.6 Å². The molecule has 3 aromatic rings. The van der Waals surface area contributed by atoms with E-state index in [1.807, 2.05) is 12.1 Å². The van der Waals surface area contributed by atoms with Crippen LogP contribution in [0.1, 0.15) is 40.5 Å². The summed E-state index contributed by atoms with van der Waals surface area (Å²) in [5, 5.41) is 10.6. The average molecular weight is 450 g/mol. The SMILES string of the molecule is COC(=O)C[C@H](c1ccc(OC)cc1)c1oc(CN2CCc3ccccc3C2)cc(=O)c1O. The summed E-state index contributed by atoms with van der Waals surface area (Å²) in [6, 6.07) is 16.7. The van der Waals surface area contributed by atoms with Crippen molar-refractivity contribution in [1.29, 1.82) is 0 Å². The zero-order valence-electron chi connectivity index (χ0n) is 18.7. The maximum Gasteiger partial charge on any atom is 0.306 e. The summed E-state index contributed by atoms with van der Waals surface area (Å²) in [6.45, 7) is 2.01. The molecule has 7 heteroatoms. The Labute approximate surface area is 192 Å². The van der Waals surface area contributed by atoms with Crippen LogP contribution >= 0.6 is 0 Å². The Bertz CT molecular complexity index is 1180. The summed E-state index contributed by atoms with van der Waals surface area (Å²) >= 11 is 0. The third kappa shape index (κ3) is 5.09. The lowest BCUT2D eigenvalue weighted by Gasteiger charge is -2.28. The normalized spacial score (nSPS) is 14.4. The molecule has 33 heavy (non-hydrogen) atoms. The van der Waals surface area contributed by atoms with Gasteiger partial charge < -0.3 is 19.0 Å². The van der Waals surface area contributed by atoms with Gasteiger partial charge in [-0.1, -0.05) is 36.4 Å². The van der Waals surface area contributed by atoms with E-state index in [4.69, 9.17) is 13.9 Å². The smallest absolute Gasteiger partial charge is 0.306 e. The predicted molar refractivity (Wildman–Crippen MR) is 122 cm³/mol.